The van der Waals surface area contributed by atoms with E-state index in [2.05, 4.69) is 45.9 Å². The van der Waals surface area contributed by atoms with Crippen LogP contribution >= 0.6 is 0 Å². The van der Waals surface area contributed by atoms with Crippen LogP contribution in [0.2, 0.25) is 0 Å². The van der Waals surface area contributed by atoms with Gasteiger partial charge in [-0.1, -0.05) is 44.6 Å². The van der Waals surface area contributed by atoms with Crippen molar-refractivity contribution in [1.82, 2.24) is 0 Å². The lowest BCUT2D eigenvalue weighted by Gasteiger charge is -2.53. The molecule has 0 amide bonds. The molecule has 4 rings (SSSR count). The second-order valence-electron chi connectivity index (χ2n) is 8.72. The first-order valence-corrected chi connectivity index (χ1v) is 8.36. The van der Waals surface area contributed by atoms with Crippen LogP contribution in [0, 0.1) is 28.1 Å². The average molecular weight is 272 g/mol. The van der Waals surface area contributed by atoms with Gasteiger partial charge in [-0.3, -0.25) is 0 Å². The summed E-state index contributed by atoms with van der Waals surface area (Å²) in [5, 5.41) is 11.9. The summed E-state index contributed by atoms with van der Waals surface area (Å²) in [5.41, 5.74) is 1.45. The first kappa shape index (κ1) is 13.1. The van der Waals surface area contributed by atoms with E-state index >= 15 is 0 Å². The fraction of sp³-hybridized carbons (Fsp3) is 0.789. The van der Waals surface area contributed by atoms with Gasteiger partial charge in [0.1, 0.15) is 0 Å². The summed E-state index contributed by atoms with van der Waals surface area (Å²) in [6.45, 7) is 9.35. The first-order valence-electron chi connectivity index (χ1n) is 8.36. The van der Waals surface area contributed by atoms with E-state index in [4.69, 9.17) is 0 Å². The summed E-state index contributed by atoms with van der Waals surface area (Å²) in [6, 6.07) is 0. The fourth-order valence-electron chi connectivity index (χ4n) is 6.51. The van der Waals surface area contributed by atoms with Crippen LogP contribution in [0.15, 0.2) is 23.8 Å². The minimum absolute atomic E-state index is 0.0285. The molecule has 1 nitrogen and oxygen atoms in total. The number of hydrogen-bond acceptors (Lipinski definition) is 1. The number of fused-ring (bicyclic) bond motifs is 4. The molecule has 4 bridgehead atoms. The Balaban J connectivity index is 1.83. The molecule has 4 aliphatic rings. The Morgan fingerprint density at radius 2 is 2.00 bits per heavy atom. The topological polar surface area (TPSA) is 20.2 Å². The largest absolute Gasteiger partial charge is 0.388 e. The Labute approximate surface area is 123 Å². The van der Waals surface area contributed by atoms with Crippen LogP contribution in [-0.4, -0.2) is 10.7 Å². The van der Waals surface area contributed by atoms with Gasteiger partial charge in [0.15, 0.2) is 0 Å². The molecule has 5 unspecified atom stereocenters. The maximum absolute atomic E-state index is 11.9. The number of allylic oxidation sites excluding steroid dienone is 3. The molecule has 0 radical (unpaired) electrons. The maximum atomic E-state index is 11.9. The van der Waals surface area contributed by atoms with Gasteiger partial charge in [0, 0.05) is 10.8 Å². The minimum Gasteiger partial charge on any atom is -0.388 e. The van der Waals surface area contributed by atoms with Gasteiger partial charge in [-0.2, -0.15) is 0 Å². The van der Waals surface area contributed by atoms with E-state index in [0.29, 0.717) is 11.8 Å². The predicted molar refractivity (Wildman–Crippen MR) is 82.2 cm³/mol. The Hall–Kier alpha value is -0.560. The Bertz CT molecular complexity index is 528. The van der Waals surface area contributed by atoms with Gasteiger partial charge in [-0.15, -0.1) is 0 Å². The molecule has 0 heterocycles. The van der Waals surface area contributed by atoms with Crippen LogP contribution in [0.1, 0.15) is 59.8 Å². The van der Waals surface area contributed by atoms with Gasteiger partial charge < -0.3 is 5.11 Å². The lowest BCUT2D eigenvalue weighted by molar-refractivity contribution is -0.155. The second kappa shape index (κ2) is 3.43. The van der Waals surface area contributed by atoms with Crippen molar-refractivity contribution in [3.8, 4) is 0 Å². The summed E-state index contributed by atoms with van der Waals surface area (Å²) in [6.07, 6.45) is 12.8. The standard InChI is InChI=1S/C19H28O/c1-5-13-10-18(9-6-14(13)11-18)19(20)12-15-7-8-17(19,4)16(15,2)3/h5-6,9,14-15,20H,7-8,10-12H2,1-4H3. The van der Waals surface area contributed by atoms with Crippen LogP contribution in [0.4, 0.5) is 0 Å². The SMILES string of the molecule is CC=C1CC2(C3(O)CC4CCC3(C)C4(C)C)C=CC1C2. The molecule has 0 spiro atoms. The summed E-state index contributed by atoms with van der Waals surface area (Å²) < 4.78 is 0. The highest BCUT2D eigenvalue weighted by Crippen LogP contribution is 2.76. The normalized spacial score (nSPS) is 57.1. The van der Waals surface area contributed by atoms with E-state index in [0.717, 1.165) is 19.3 Å². The van der Waals surface area contributed by atoms with Crippen LogP contribution in [0.3, 0.4) is 0 Å². The number of aliphatic hydroxyl groups is 1. The highest BCUT2D eigenvalue weighted by atomic mass is 16.3. The monoisotopic (exact) mass is 272 g/mol. The minimum atomic E-state index is -0.498. The summed E-state index contributed by atoms with van der Waals surface area (Å²) in [4.78, 5) is 0. The third kappa shape index (κ3) is 1.10. The molecule has 3 saturated carbocycles. The van der Waals surface area contributed by atoms with Gasteiger partial charge in [-0.25, -0.2) is 0 Å². The van der Waals surface area contributed by atoms with Crippen LogP contribution < -0.4 is 0 Å². The van der Waals surface area contributed by atoms with Crippen molar-refractivity contribution in [2.75, 3.05) is 0 Å². The van der Waals surface area contributed by atoms with Gasteiger partial charge in [0.2, 0.25) is 0 Å². The average Bonchev–Trinajstić information content (AvgIpc) is 3.08. The molecule has 110 valence electrons. The Kier molecular flexibility index (Phi) is 2.25. The third-order valence-corrected chi connectivity index (χ3v) is 8.31. The zero-order valence-electron chi connectivity index (χ0n) is 13.4. The predicted octanol–water partition coefficient (Wildman–Crippen LogP) is 4.48. The Morgan fingerprint density at radius 1 is 1.25 bits per heavy atom. The van der Waals surface area contributed by atoms with E-state index in [1.54, 1.807) is 5.57 Å². The maximum Gasteiger partial charge on any atom is 0.0802 e. The fourth-order valence-corrected chi connectivity index (χ4v) is 6.51. The van der Waals surface area contributed by atoms with Crippen LogP contribution in [0.25, 0.3) is 0 Å². The molecule has 0 aromatic heterocycles. The molecular formula is C19H28O. The molecule has 0 saturated heterocycles. The molecular weight excluding hydrogens is 244 g/mol. The van der Waals surface area contributed by atoms with Crippen molar-refractivity contribution in [2.45, 2.75) is 65.4 Å². The summed E-state index contributed by atoms with van der Waals surface area (Å²) in [7, 11) is 0. The third-order valence-electron chi connectivity index (χ3n) is 8.31. The lowest BCUT2D eigenvalue weighted by Crippen LogP contribution is -2.56. The number of rotatable bonds is 1. The zero-order chi connectivity index (χ0) is 14.4. The van der Waals surface area contributed by atoms with Crippen molar-refractivity contribution < 1.29 is 5.11 Å². The van der Waals surface area contributed by atoms with Gasteiger partial charge in [-0.05, 0) is 56.3 Å². The van der Waals surface area contributed by atoms with Crippen molar-refractivity contribution >= 4 is 0 Å². The quantitative estimate of drug-likeness (QED) is 0.698. The summed E-state index contributed by atoms with van der Waals surface area (Å²) >= 11 is 0. The highest BCUT2D eigenvalue weighted by molar-refractivity contribution is 5.39. The Morgan fingerprint density at radius 3 is 2.50 bits per heavy atom. The lowest BCUT2D eigenvalue weighted by atomic mass is 9.54. The van der Waals surface area contributed by atoms with E-state index in [1.165, 1.54) is 12.8 Å². The molecule has 0 aromatic rings. The van der Waals surface area contributed by atoms with Gasteiger partial charge in [0.05, 0.1) is 5.60 Å². The van der Waals surface area contributed by atoms with E-state index in [9.17, 15) is 5.11 Å². The van der Waals surface area contributed by atoms with E-state index in [-0.39, 0.29) is 16.2 Å². The molecule has 0 aromatic carbocycles. The van der Waals surface area contributed by atoms with E-state index < -0.39 is 5.60 Å². The number of hydrogen-bond donors (Lipinski definition) is 1. The van der Waals surface area contributed by atoms with Crippen molar-refractivity contribution in [3.63, 3.8) is 0 Å². The van der Waals surface area contributed by atoms with Gasteiger partial charge >= 0.3 is 0 Å². The van der Waals surface area contributed by atoms with Crippen molar-refractivity contribution in [3.05, 3.63) is 23.8 Å². The summed E-state index contributed by atoms with van der Waals surface area (Å²) in [5.74, 6) is 1.31. The molecule has 5 atom stereocenters. The molecule has 3 fully saturated rings. The molecule has 4 aliphatic carbocycles. The molecule has 1 heteroatoms. The zero-order valence-corrected chi connectivity index (χ0v) is 13.4. The van der Waals surface area contributed by atoms with Gasteiger partial charge in [0.25, 0.3) is 0 Å². The van der Waals surface area contributed by atoms with Crippen molar-refractivity contribution in [2.24, 2.45) is 28.1 Å². The van der Waals surface area contributed by atoms with E-state index in [1.807, 2.05) is 0 Å². The molecule has 0 aliphatic heterocycles. The van der Waals surface area contributed by atoms with Crippen molar-refractivity contribution in [1.29, 1.82) is 0 Å². The first-order chi connectivity index (χ1) is 9.30. The van der Waals surface area contributed by atoms with Crippen LogP contribution in [0.5, 0.6) is 0 Å². The molecule has 20 heavy (non-hydrogen) atoms. The molecule has 1 N–H and O–H groups in total. The second-order valence-corrected chi connectivity index (χ2v) is 8.72. The highest BCUT2D eigenvalue weighted by Gasteiger charge is 2.74. The smallest absolute Gasteiger partial charge is 0.0802 e. The van der Waals surface area contributed by atoms with Crippen LogP contribution in [-0.2, 0) is 0 Å².